The summed E-state index contributed by atoms with van der Waals surface area (Å²) in [5, 5.41) is 11.5. The lowest BCUT2D eigenvalue weighted by Gasteiger charge is -2.27. The van der Waals surface area contributed by atoms with E-state index in [4.69, 9.17) is 14.2 Å². The van der Waals surface area contributed by atoms with Gasteiger partial charge in [0.1, 0.15) is 11.5 Å². The maximum absolute atomic E-state index is 13.5. The van der Waals surface area contributed by atoms with E-state index in [1.165, 1.54) is 0 Å². The average Bonchev–Trinajstić information content (AvgIpc) is 3.24. The molecule has 1 aliphatic heterocycles. The van der Waals surface area contributed by atoms with Crippen LogP contribution in [-0.2, 0) is 9.59 Å². The van der Waals surface area contributed by atoms with Crippen LogP contribution in [0, 0.1) is 0 Å². The van der Waals surface area contributed by atoms with Crippen LogP contribution in [0.25, 0.3) is 5.76 Å². The normalized spacial score (nSPS) is 16.4. The molecule has 0 radical (unpaired) electrons. The number of likely N-dealkylation sites (tertiary alicyclic amines) is 1. The fourth-order valence-corrected chi connectivity index (χ4v) is 4.96. The molecule has 1 atom stereocenters. The van der Waals surface area contributed by atoms with Crippen LogP contribution in [0.1, 0.15) is 77.0 Å². The van der Waals surface area contributed by atoms with Crippen molar-refractivity contribution in [2.24, 2.45) is 0 Å². The number of carbonyl (C=O) groups excluding carboxylic acids is 2. The van der Waals surface area contributed by atoms with Gasteiger partial charge >= 0.3 is 0 Å². The highest BCUT2D eigenvalue weighted by Crippen LogP contribution is 2.42. The second-order valence-electron chi connectivity index (χ2n) is 10.2. The number of Topliss-reactive ketones (excluding diaryl/α,β-unsaturated/α-hetero) is 1. The van der Waals surface area contributed by atoms with Crippen molar-refractivity contribution in [2.45, 2.75) is 65.8 Å². The summed E-state index contributed by atoms with van der Waals surface area (Å²) in [7, 11) is 1.57. The molecule has 0 saturated carbocycles. The van der Waals surface area contributed by atoms with Crippen LogP contribution in [0.2, 0.25) is 0 Å². The van der Waals surface area contributed by atoms with Crippen molar-refractivity contribution in [3.63, 3.8) is 0 Å². The fourth-order valence-electron chi connectivity index (χ4n) is 4.96. The van der Waals surface area contributed by atoms with Gasteiger partial charge in [0, 0.05) is 12.1 Å². The van der Waals surface area contributed by atoms with Gasteiger partial charge < -0.3 is 29.1 Å². The SMILES string of the molecule is CCCCOc1ccc(C(O)=C2C(=O)C(=O)N(CCCN(CC)CC)C2c2ccc(OCCCC)c(OC)c2)cc1. The molecule has 0 aliphatic carbocycles. The fraction of sp³-hybridized carbons (Fsp3) is 0.515. The van der Waals surface area contributed by atoms with Crippen molar-refractivity contribution < 1.29 is 28.9 Å². The monoisotopic (exact) mass is 566 g/mol. The maximum atomic E-state index is 13.5. The Morgan fingerprint density at radius 2 is 1.54 bits per heavy atom. The third-order valence-electron chi connectivity index (χ3n) is 7.46. The van der Waals surface area contributed by atoms with Crippen LogP contribution in [0.5, 0.6) is 17.2 Å². The van der Waals surface area contributed by atoms with Gasteiger partial charge in [0.25, 0.3) is 11.7 Å². The van der Waals surface area contributed by atoms with Crippen LogP contribution >= 0.6 is 0 Å². The van der Waals surface area contributed by atoms with Crippen LogP contribution in [0.4, 0.5) is 0 Å². The lowest BCUT2D eigenvalue weighted by Crippen LogP contribution is -2.33. The first-order valence-electron chi connectivity index (χ1n) is 14.9. The van der Waals surface area contributed by atoms with E-state index in [9.17, 15) is 14.7 Å². The van der Waals surface area contributed by atoms with E-state index in [1.54, 1.807) is 42.3 Å². The molecule has 8 heteroatoms. The molecular weight excluding hydrogens is 520 g/mol. The number of aliphatic hydroxyl groups is 1. The molecule has 224 valence electrons. The number of carbonyl (C=O) groups is 2. The summed E-state index contributed by atoms with van der Waals surface area (Å²) in [6.45, 7) is 12.6. The van der Waals surface area contributed by atoms with Gasteiger partial charge in [-0.15, -0.1) is 0 Å². The molecule has 3 rings (SSSR count). The summed E-state index contributed by atoms with van der Waals surface area (Å²) in [4.78, 5) is 30.7. The first-order valence-corrected chi connectivity index (χ1v) is 14.9. The zero-order valence-electron chi connectivity index (χ0n) is 25.3. The maximum Gasteiger partial charge on any atom is 0.295 e. The van der Waals surface area contributed by atoms with Crippen molar-refractivity contribution in [1.82, 2.24) is 9.80 Å². The minimum absolute atomic E-state index is 0.0687. The topological polar surface area (TPSA) is 88.5 Å². The largest absolute Gasteiger partial charge is 0.507 e. The summed E-state index contributed by atoms with van der Waals surface area (Å²) in [5.74, 6) is 0.287. The van der Waals surface area contributed by atoms with Gasteiger partial charge in [-0.05, 0) is 80.9 Å². The minimum atomic E-state index is -0.759. The van der Waals surface area contributed by atoms with Crippen LogP contribution < -0.4 is 14.2 Å². The number of aliphatic hydroxyl groups excluding tert-OH is 1. The van der Waals surface area contributed by atoms with Crippen molar-refractivity contribution in [1.29, 1.82) is 0 Å². The van der Waals surface area contributed by atoms with Gasteiger partial charge in [-0.3, -0.25) is 9.59 Å². The predicted octanol–water partition coefficient (Wildman–Crippen LogP) is 6.21. The number of hydrogen-bond acceptors (Lipinski definition) is 7. The van der Waals surface area contributed by atoms with Crippen LogP contribution in [0.3, 0.4) is 0 Å². The molecule has 2 aromatic carbocycles. The second kappa shape index (κ2) is 16.1. The van der Waals surface area contributed by atoms with E-state index < -0.39 is 17.7 Å². The first kappa shape index (κ1) is 32.0. The summed E-state index contributed by atoms with van der Waals surface area (Å²) >= 11 is 0. The third kappa shape index (κ3) is 8.03. The predicted molar refractivity (Wildman–Crippen MR) is 162 cm³/mol. The molecule has 0 spiro atoms. The van der Waals surface area contributed by atoms with Gasteiger partial charge in [0.15, 0.2) is 11.5 Å². The smallest absolute Gasteiger partial charge is 0.295 e. The molecule has 1 aliphatic rings. The van der Waals surface area contributed by atoms with Crippen molar-refractivity contribution in [2.75, 3.05) is 46.5 Å². The molecule has 0 aromatic heterocycles. The number of rotatable bonds is 17. The van der Waals surface area contributed by atoms with Crippen molar-refractivity contribution in [3.8, 4) is 17.2 Å². The minimum Gasteiger partial charge on any atom is -0.507 e. The first-order chi connectivity index (χ1) is 19.9. The number of amides is 1. The Kier molecular flexibility index (Phi) is 12.5. The summed E-state index contributed by atoms with van der Waals surface area (Å²) in [5.41, 5.74) is 1.19. The molecule has 1 saturated heterocycles. The van der Waals surface area contributed by atoms with Crippen LogP contribution in [0.15, 0.2) is 48.0 Å². The van der Waals surface area contributed by atoms with Gasteiger partial charge in [0.2, 0.25) is 0 Å². The Bertz CT molecular complexity index is 1170. The van der Waals surface area contributed by atoms with E-state index in [2.05, 4.69) is 32.6 Å². The Hall–Kier alpha value is -3.52. The highest BCUT2D eigenvalue weighted by Gasteiger charge is 2.46. The molecule has 0 bridgehead atoms. The lowest BCUT2D eigenvalue weighted by molar-refractivity contribution is -0.140. The van der Waals surface area contributed by atoms with Gasteiger partial charge in [-0.1, -0.05) is 46.6 Å². The Morgan fingerprint density at radius 1 is 0.878 bits per heavy atom. The highest BCUT2D eigenvalue weighted by molar-refractivity contribution is 6.46. The van der Waals surface area contributed by atoms with Gasteiger partial charge in [-0.25, -0.2) is 0 Å². The number of unbranched alkanes of at least 4 members (excludes halogenated alkanes) is 2. The molecule has 1 fully saturated rings. The summed E-state index contributed by atoms with van der Waals surface area (Å²) in [6.07, 6.45) is 4.61. The van der Waals surface area contributed by atoms with E-state index in [0.717, 1.165) is 45.3 Å². The second-order valence-corrected chi connectivity index (χ2v) is 10.2. The third-order valence-corrected chi connectivity index (χ3v) is 7.46. The number of methoxy groups -OCH3 is 1. The van der Waals surface area contributed by atoms with Crippen molar-refractivity contribution >= 4 is 17.4 Å². The number of benzene rings is 2. The summed E-state index contributed by atoms with van der Waals surface area (Å²) < 4.78 is 17.3. The highest BCUT2D eigenvalue weighted by atomic mass is 16.5. The van der Waals surface area contributed by atoms with Gasteiger partial charge in [0.05, 0.1) is 31.9 Å². The number of hydrogen-bond donors (Lipinski definition) is 1. The Labute approximate surface area is 244 Å². The van der Waals surface area contributed by atoms with E-state index in [1.807, 2.05) is 12.1 Å². The molecular formula is C33H46N2O6. The van der Waals surface area contributed by atoms with Crippen molar-refractivity contribution in [3.05, 3.63) is 59.2 Å². The van der Waals surface area contributed by atoms with E-state index >= 15 is 0 Å². The summed E-state index contributed by atoms with van der Waals surface area (Å²) in [6, 6.07) is 11.7. The average molecular weight is 567 g/mol. The molecule has 41 heavy (non-hydrogen) atoms. The standard InChI is InChI=1S/C33H46N2O6/c1-6-10-21-40-26-16-13-24(14-17-26)31(36)29-30(25-15-18-27(28(23-25)39-5)41-22-11-7-2)35(33(38)32(29)37)20-12-19-34(8-3)9-4/h13-18,23,30,36H,6-12,19-22H2,1-5H3. The zero-order valence-corrected chi connectivity index (χ0v) is 25.3. The lowest BCUT2D eigenvalue weighted by atomic mass is 9.95. The Balaban J connectivity index is 2.01. The van der Waals surface area contributed by atoms with E-state index in [-0.39, 0.29) is 11.3 Å². The number of nitrogens with zero attached hydrogens (tertiary/aromatic N) is 2. The number of ether oxygens (including phenoxy) is 3. The quantitative estimate of drug-likeness (QED) is 0.105. The molecule has 1 N–H and O–H groups in total. The zero-order chi connectivity index (χ0) is 29.8. The molecule has 8 nitrogen and oxygen atoms in total. The number of ketones is 1. The molecule has 1 unspecified atom stereocenters. The molecule has 1 heterocycles. The van der Waals surface area contributed by atoms with E-state index in [0.29, 0.717) is 54.6 Å². The van der Waals surface area contributed by atoms with Gasteiger partial charge in [-0.2, -0.15) is 0 Å². The van der Waals surface area contributed by atoms with Crippen LogP contribution in [-0.4, -0.2) is 73.1 Å². The Morgan fingerprint density at radius 3 is 2.15 bits per heavy atom. The molecule has 2 aromatic rings. The molecule has 1 amide bonds.